The van der Waals surface area contributed by atoms with E-state index in [1.165, 1.54) is 12.1 Å². The average Bonchev–Trinajstić information content (AvgIpc) is 3.19. The Hall–Kier alpha value is -3.61. The number of hydrogen-bond donors (Lipinski definition) is 2. The smallest absolute Gasteiger partial charge is 0.433 e. The quantitative estimate of drug-likeness (QED) is 0.625. The number of hydrogen-bond acceptors (Lipinski definition) is 8. The van der Waals surface area contributed by atoms with Gasteiger partial charge in [0, 0.05) is 17.3 Å². The molecule has 0 spiro atoms. The summed E-state index contributed by atoms with van der Waals surface area (Å²) in [5, 5.41) is 2.53. The van der Waals surface area contributed by atoms with Crippen molar-refractivity contribution < 1.29 is 41.3 Å². The number of ether oxygens (including phenoxy) is 4. The summed E-state index contributed by atoms with van der Waals surface area (Å²) in [5.41, 5.74) is 3.86. The fourth-order valence-corrected chi connectivity index (χ4v) is 4.66. The van der Waals surface area contributed by atoms with Gasteiger partial charge in [-0.15, -0.1) is 0 Å². The van der Waals surface area contributed by atoms with E-state index in [9.17, 15) is 18.0 Å². The number of alkyl halides is 3. The topological polar surface area (TPSA) is 117 Å². The van der Waals surface area contributed by atoms with E-state index in [-0.39, 0.29) is 41.1 Å². The third-order valence-electron chi connectivity index (χ3n) is 6.18. The first-order valence-electron chi connectivity index (χ1n) is 10.6. The largest absolute Gasteiger partial charge is 0.479 e. The van der Waals surface area contributed by atoms with E-state index < -0.39 is 54.8 Å². The number of fused-ring (bicyclic) bond motifs is 2. The number of amidine groups is 1. The van der Waals surface area contributed by atoms with Gasteiger partial charge >= 0.3 is 6.11 Å². The molecule has 13 heteroatoms. The third-order valence-corrected chi connectivity index (χ3v) is 6.18. The Kier molecular flexibility index (Phi) is 5.46. The highest BCUT2D eigenvalue weighted by atomic mass is 19.3. The number of carbonyl (C=O) groups is 1. The van der Waals surface area contributed by atoms with Crippen molar-refractivity contribution in [1.82, 2.24) is 4.98 Å². The Morgan fingerprint density at radius 3 is 2.86 bits per heavy atom. The fourth-order valence-electron chi connectivity index (χ4n) is 4.66. The average molecular weight is 496 g/mol. The van der Waals surface area contributed by atoms with Gasteiger partial charge < -0.3 is 30.0 Å². The normalized spacial score (nSPS) is 28.5. The number of rotatable bonds is 4. The molecule has 186 valence electrons. The first-order chi connectivity index (χ1) is 16.6. The number of nitrogens with one attached hydrogen (secondary N) is 1. The first kappa shape index (κ1) is 23.1. The van der Waals surface area contributed by atoms with Gasteiger partial charge in [-0.05, 0) is 25.1 Å². The van der Waals surface area contributed by atoms with Crippen molar-refractivity contribution in [2.45, 2.75) is 30.8 Å². The van der Waals surface area contributed by atoms with Crippen LogP contribution >= 0.6 is 0 Å². The van der Waals surface area contributed by atoms with Crippen LogP contribution in [-0.2, 0) is 15.0 Å². The number of aliphatic imine (C=N–C) groups is 1. The lowest BCUT2D eigenvalue weighted by Crippen LogP contribution is -2.52. The summed E-state index contributed by atoms with van der Waals surface area (Å²) in [6.07, 6.45) is -3.69. The zero-order valence-electron chi connectivity index (χ0n) is 18.3. The maximum atomic E-state index is 15.0. The van der Waals surface area contributed by atoms with Gasteiger partial charge in [-0.1, -0.05) is 0 Å². The summed E-state index contributed by atoms with van der Waals surface area (Å²) in [7, 11) is 0. The number of aromatic nitrogens is 1. The summed E-state index contributed by atoms with van der Waals surface area (Å²) in [6.45, 7) is -0.254. The van der Waals surface area contributed by atoms with Crippen molar-refractivity contribution in [3.63, 3.8) is 0 Å². The Morgan fingerprint density at radius 2 is 2.09 bits per heavy atom. The molecule has 1 aromatic heterocycles. The van der Waals surface area contributed by atoms with Crippen LogP contribution in [-0.4, -0.2) is 55.1 Å². The minimum Gasteiger partial charge on any atom is -0.479 e. The lowest BCUT2D eigenvalue weighted by molar-refractivity contribution is -0.209. The predicted octanol–water partition coefficient (Wildman–Crippen LogP) is 2.75. The molecule has 9 nitrogen and oxygen atoms in total. The molecule has 1 fully saturated rings. The second-order valence-corrected chi connectivity index (χ2v) is 8.42. The van der Waals surface area contributed by atoms with E-state index in [0.29, 0.717) is 0 Å². The minimum absolute atomic E-state index is 0.0828. The molecule has 0 saturated carbocycles. The number of amides is 1. The number of anilines is 1. The van der Waals surface area contributed by atoms with Crippen LogP contribution in [0, 0.1) is 11.7 Å². The van der Waals surface area contributed by atoms with Gasteiger partial charge in [0.05, 0.1) is 24.8 Å². The van der Waals surface area contributed by atoms with Crippen molar-refractivity contribution in [3.8, 4) is 11.5 Å². The molecule has 35 heavy (non-hydrogen) atoms. The molecule has 1 aromatic carbocycles. The van der Waals surface area contributed by atoms with Gasteiger partial charge in [0.25, 0.3) is 11.9 Å². The molecule has 4 heterocycles. The van der Waals surface area contributed by atoms with Crippen LogP contribution < -0.4 is 20.5 Å². The molecule has 3 N–H and O–H groups in total. The van der Waals surface area contributed by atoms with Crippen LogP contribution in [0.1, 0.15) is 23.0 Å². The van der Waals surface area contributed by atoms with E-state index in [1.54, 1.807) is 6.92 Å². The SMILES string of the molecule is C[C@H]1OC[C@H]2OC(N)=N[C@](CF)(c3cc(NC(=O)c4cc5c(cn4)OC(F)(F)CO5)ccc3F)[C@@H]12. The number of carbonyl (C=O) groups excluding carboxylic acids is 1. The molecule has 2 aromatic rings. The molecule has 0 radical (unpaired) electrons. The number of halogens is 4. The molecular weight excluding hydrogens is 476 g/mol. The minimum atomic E-state index is -3.51. The lowest BCUT2D eigenvalue weighted by atomic mass is 9.74. The molecule has 0 aliphatic carbocycles. The van der Waals surface area contributed by atoms with Crippen LogP contribution in [0.3, 0.4) is 0 Å². The fraction of sp³-hybridized carbons (Fsp3) is 0.409. The standard InChI is InChI=1S/C22H20F4N4O5/c1-10-18-17(7-32-10)34-20(27)30-21(18,8-23)12-4-11(2-3-13(12)24)29-19(31)14-5-15-16(6-28-14)35-22(25,26)9-33-15/h2-6,10,17-18H,7-9H2,1H3,(H2,27,30)(H,29,31)/t10-,17-,18+,21-/m1/s1. The molecule has 0 unspecified atom stereocenters. The first-order valence-corrected chi connectivity index (χ1v) is 10.6. The van der Waals surface area contributed by atoms with Crippen LogP contribution in [0.5, 0.6) is 11.5 Å². The summed E-state index contributed by atoms with van der Waals surface area (Å²) < 4.78 is 76.8. The Bertz CT molecular complexity index is 1210. The van der Waals surface area contributed by atoms with E-state index in [4.69, 9.17) is 19.9 Å². The van der Waals surface area contributed by atoms with Crippen molar-refractivity contribution in [2.75, 3.05) is 25.2 Å². The van der Waals surface area contributed by atoms with Gasteiger partial charge in [0.2, 0.25) is 0 Å². The monoisotopic (exact) mass is 496 g/mol. The summed E-state index contributed by atoms with van der Waals surface area (Å²) in [5.74, 6) is -2.57. The van der Waals surface area contributed by atoms with E-state index in [1.807, 2.05) is 0 Å². The maximum absolute atomic E-state index is 15.0. The molecule has 3 aliphatic heterocycles. The number of nitrogens with zero attached hydrogens (tertiary/aromatic N) is 2. The molecule has 4 atom stereocenters. The van der Waals surface area contributed by atoms with Crippen LogP contribution in [0.15, 0.2) is 35.5 Å². The Balaban J connectivity index is 1.45. The Morgan fingerprint density at radius 1 is 1.29 bits per heavy atom. The van der Waals surface area contributed by atoms with Crippen molar-refractivity contribution in [1.29, 1.82) is 0 Å². The lowest BCUT2D eigenvalue weighted by Gasteiger charge is -2.41. The second-order valence-electron chi connectivity index (χ2n) is 8.42. The Labute approximate surface area is 196 Å². The van der Waals surface area contributed by atoms with Gasteiger partial charge in [-0.25, -0.2) is 18.8 Å². The van der Waals surface area contributed by atoms with Gasteiger partial charge in [0.1, 0.15) is 29.8 Å². The molecule has 1 amide bonds. The zero-order chi connectivity index (χ0) is 25.0. The molecule has 5 rings (SSSR count). The summed E-state index contributed by atoms with van der Waals surface area (Å²) >= 11 is 0. The van der Waals surface area contributed by atoms with Gasteiger partial charge in [0.15, 0.2) is 18.1 Å². The molecule has 0 bridgehead atoms. The van der Waals surface area contributed by atoms with E-state index in [0.717, 1.165) is 18.3 Å². The predicted molar refractivity (Wildman–Crippen MR) is 113 cm³/mol. The summed E-state index contributed by atoms with van der Waals surface area (Å²) in [6, 6.07) is 4.45. The second kappa shape index (κ2) is 8.26. The highest BCUT2D eigenvalue weighted by Crippen LogP contribution is 2.47. The zero-order valence-corrected chi connectivity index (χ0v) is 18.3. The highest BCUT2D eigenvalue weighted by Gasteiger charge is 2.56. The van der Waals surface area contributed by atoms with Crippen LogP contribution in [0.2, 0.25) is 0 Å². The number of benzene rings is 1. The van der Waals surface area contributed by atoms with Crippen LogP contribution in [0.4, 0.5) is 23.2 Å². The van der Waals surface area contributed by atoms with Crippen molar-refractivity contribution >= 4 is 17.6 Å². The van der Waals surface area contributed by atoms with Crippen LogP contribution in [0.25, 0.3) is 0 Å². The highest BCUT2D eigenvalue weighted by molar-refractivity contribution is 6.03. The summed E-state index contributed by atoms with van der Waals surface area (Å²) in [4.78, 5) is 20.7. The van der Waals surface area contributed by atoms with Crippen molar-refractivity contribution in [2.24, 2.45) is 16.6 Å². The molecular formula is C22H20F4N4O5. The van der Waals surface area contributed by atoms with Gasteiger partial charge in [-0.3, -0.25) is 4.79 Å². The maximum Gasteiger partial charge on any atom is 0.433 e. The third kappa shape index (κ3) is 3.99. The molecule has 3 aliphatic rings. The number of nitrogens with two attached hydrogens (primary N) is 1. The van der Waals surface area contributed by atoms with E-state index in [2.05, 4.69) is 20.0 Å². The number of pyridine rings is 1. The van der Waals surface area contributed by atoms with E-state index >= 15 is 4.39 Å². The van der Waals surface area contributed by atoms with Crippen molar-refractivity contribution in [3.05, 3.63) is 47.5 Å². The molecule has 1 saturated heterocycles. The van der Waals surface area contributed by atoms with Gasteiger partial charge in [-0.2, -0.15) is 8.78 Å².